The minimum Gasteiger partial charge on any atom is -0.449 e. The largest absolute Gasteiger partial charge is 0.449 e. The molecule has 0 radical (unpaired) electrons. The van der Waals surface area contributed by atoms with Gasteiger partial charge >= 0.3 is 6.09 Å². The Morgan fingerprint density at radius 3 is 2.40 bits per heavy atom. The van der Waals surface area contributed by atoms with Crippen molar-refractivity contribution in [3.05, 3.63) is 0 Å². The summed E-state index contributed by atoms with van der Waals surface area (Å²) < 4.78 is 5.35. The van der Waals surface area contributed by atoms with Gasteiger partial charge in [-0.25, -0.2) is 4.79 Å². The lowest BCUT2D eigenvalue weighted by Crippen LogP contribution is -2.38. The fourth-order valence-electron chi connectivity index (χ4n) is 2.69. The summed E-state index contributed by atoms with van der Waals surface area (Å²) in [7, 11) is 0. The van der Waals surface area contributed by atoms with Crippen LogP contribution in [0.1, 0.15) is 72.6 Å². The van der Waals surface area contributed by atoms with Crippen LogP contribution in [0.15, 0.2) is 0 Å². The van der Waals surface area contributed by atoms with Gasteiger partial charge in [-0.1, -0.05) is 47.0 Å². The number of carbonyl (C=O) groups is 1. The number of rotatable bonds is 6. The zero-order valence-corrected chi connectivity index (χ0v) is 13.9. The third-order valence-corrected chi connectivity index (χ3v) is 4.02. The maximum absolute atomic E-state index is 12.2. The Labute approximate surface area is 125 Å². The van der Waals surface area contributed by atoms with Crippen LogP contribution in [0.5, 0.6) is 0 Å². The summed E-state index contributed by atoms with van der Waals surface area (Å²) in [6, 6.07) is 0. The van der Waals surface area contributed by atoms with Crippen LogP contribution < -0.4 is 0 Å². The summed E-state index contributed by atoms with van der Waals surface area (Å²) >= 11 is 0. The number of ether oxygens (including phenoxy) is 1. The van der Waals surface area contributed by atoms with E-state index in [9.17, 15) is 4.79 Å². The van der Waals surface area contributed by atoms with Crippen molar-refractivity contribution in [2.75, 3.05) is 19.7 Å². The lowest BCUT2D eigenvalue weighted by atomic mass is 9.88. The standard InChI is InChI=1S/C17H33NO2/c1-5-13-20-16(19)18(12-11-17(2,3)4)14-15-9-7-6-8-10-15/h15H,5-14H2,1-4H3. The minimum atomic E-state index is -0.110. The molecule has 1 fully saturated rings. The van der Waals surface area contributed by atoms with Crippen molar-refractivity contribution in [3.63, 3.8) is 0 Å². The Morgan fingerprint density at radius 2 is 1.85 bits per heavy atom. The van der Waals surface area contributed by atoms with Gasteiger partial charge in [-0.05, 0) is 37.0 Å². The molecule has 1 saturated carbocycles. The van der Waals surface area contributed by atoms with Gasteiger partial charge in [-0.3, -0.25) is 0 Å². The van der Waals surface area contributed by atoms with Crippen molar-refractivity contribution in [2.45, 2.75) is 72.6 Å². The SMILES string of the molecule is CCCOC(=O)N(CCC(C)(C)C)CC1CCCCC1. The molecule has 0 aliphatic heterocycles. The summed E-state index contributed by atoms with van der Waals surface area (Å²) in [6.07, 6.45) is 8.35. The second-order valence-electron chi connectivity index (χ2n) is 7.38. The molecule has 0 saturated heterocycles. The van der Waals surface area contributed by atoms with Gasteiger partial charge in [0.1, 0.15) is 0 Å². The first-order valence-corrected chi connectivity index (χ1v) is 8.34. The first kappa shape index (κ1) is 17.3. The second kappa shape index (κ2) is 8.53. The van der Waals surface area contributed by atoms with Crippen LogP contribution in [0.2, 0.25) is 0 Å². The summed E-state index contributed by atoms with van der Waals surface area (Å²) in [5.74, 6) is 0.679. The topological polar surface area (TPSA) is 29.5 Å². The lowest BCUT2D eigenvalue weighted by molar-refractivity contribution is 0.0880. The van der Waals surface area contributed by atoms with Gasteiger partial charge in [0.25, 0.3) is 0 Å². The highest BCUT2D eigenvalue weighted by Crippen LogP contribution is 2.26. The first-order valence-electron chi connectivity index (χ1n) is 8.34. The normalized spacial score (nSPS) is 17.0. The van der Waals surface area contributed by atoms with E-state index in [4.69, 9.17) is 4.74 Å². The van der Waals surface area contributed by atoms with Crippen LogP contribution in [0, 0.1) is 11.3 Å². The summed E-state index contributed by atoms with van der Waals surface area (Å²) in [4.78, 5) is 14.2. The molecule has 0 aromatic rings. The maximum Gasteiger partial charge on any atom is 0.409 e. The van der Waals surface area contributed by atoms with Crippen molar-refractivity contribution < 1.29 is 9.53 Å². The van der Waals surface area contributed by atoms with Crippen molar-refractivity contribution in [1.82, 2.24) is 4.90 Å². The molecule has 3 heteroatoms. The number of amides is 1. The van der Waals surface area contributed by atoms with E-state index >= 15 is 0 Å². The van der Waals surface area contributed by atoms with Crippen molar-refractivity contribution in [2.24, 2.45) is 11.3 Å². The first-order chi connectivity index (χ1) is 9.42. The average Bonchev–Trinajstić information content (AvgIpc) is 2.41. The molecule has 0 bridgehead atoms. The van der Waals surface area contributed by atoms with E-state index in [1.807, 2.05) is 11.8 Å². The van der Waals surface area contributed by atoms with Crippen LogP contribution in [0.3, 0.4) is 0 Å². The van der Waals surface area contributed by atoms with Crippen LogP contribution in [0.25, 0.3) is 0 Å². The maximum atomic E-state index is 12.2. The highest BCUT2D eigenvalue weighted by Gasteiger charge is 2.23. The molecule has 3 nitrogen and oxygen atoms in total. The van der Waals surface area contributed by atoms with E-state index in [2.05, 4.69) is 20.8 Å². The fraction of sp³-hybridized carbons (Fsp3) is 0.941. The van der Waals surface area contributed by atoms with E-state index in [0.29, 0.717) is 12.5 Å². The third kappa shape index (κ3) is 7.16. The molecular formula is C17H33NO2. The Balaban J connectivity index is 2.50. The molecule has 1 amide bonds. The van der Waals surface area contributed by atoms with E-state index < -0.39 is 0 Å². The molecule has 0 N–H and O–H groups in total. The number of hydrogen-bond donors (Lipinski definition) is 0. The van der Waals surface area contributed by atoms with Crippen molar-refractivity contribution in [1.29, 1.82) is 0 Å². The second-order valence-corrected chi connectivity index (χ2v) is 7.38. The monoisotopic (exact) mass is 283 g/mol. The van der Waals surface area contributed by atoms with E-state index in [0.717, 1.165) is 25.9 Å². The van der Waals surface area contributed by atoms with Crippen LogP contribution in [-0.4, -0.2) is 30.7 Å². The fourth-order valence-corrected chi connectivity index (χ4v) is 2.69. The molecule has 20 heavy (non-hydrogen) atoms. The van der Waals surface area contributed by atoms with Crippen LogP contribution >= 0.6 is 0 Å². The number of carbonyl (C=O) groups excluding carboxylic acids is 1. The lowest BCUT2D eigenvalue weighted by Gasteiger charge is -2.31. The predicted molar refractivity (Wildman–Crippen MR) is 83.9 cm³/mol. The van der Waals surface area contributed by atoms with E-state index in [1.54, 1.807) is 0 Å². The summed E-state index contributed by atoms with van der Waals surface area (Å²) in [5.41, 5.74) is 0.260. The zero-order valence-electron chi connectivity index (χ0n) is 13.9. The van der Waals surface area contributed by atoms with E-state index in [1.165, 1.54) is 32.1 Å². The molecule has 0 aromatic heterocycles. The number of hydrogen-bond acceptors (Lipinski definition) is 2. The number of nitrogens with zero attached hydrogens (tertiary/aromatic N) is 1. The zero-order chi connectivity index (χ0) is 15.0. The molecular weight excluding hydrogens is 250 g/mol. The molecule has 0 heterocycles. The van der Waals surface area contributed by atoms with Gasteiger partial charge in [0.2, 0.25) is 0 Å². The smallest absolute Gasteiger partial charge is 0.409 e. The van der Waals surface area contributed by atoms with E-state index in [-0.39, 0.29) is 11.5 Å². The highest BCUT2D eigenvalue weighted by atomic mass is 16.6. The Bertz CT molecular complexity index is 277. The Hall–Kier alpha value is -0.730. The molecule has 0 unspecified atom stereocenters. The van der Waals surface area contributed by atoms with Crippen molar-refractivity contribution >= 4 is 6.09 Å². The quantitative estimate of drug-likeness (QED) is 0.697. The van der Waals surface area contributed by atoms with Crippen LogP contribution in [-0.2, 0) is 4.74 Å². The molecule has 0 atom stereocenters. The average molecular weight is 283 g/mol. The predicted octanol–water partition coefficient (Wildman–Crippen LogP) is 4.85. The van der Waals surface area contributed by atoms with Gasteiger partial charge < -0.3 is 9.64 Å². The molecule has 0 aromatic carbocycles. The summed E-state index contributed by atoms with van der Waals surface area (Å²) in [5, 5.41) is 0. The van der Waals surface area contributed by atoms with Gasteiger partial charge in [-0.2, -0.15) is 0 Å². The molecule has 118 valence electrons. The van der Waals surface area contributed by atoms with Gasteiger partial charge in [0.15, 0.2) is 0 Å². The van der Waals surface area contributed by atoms with Gasteiger partial charge in [-0.15, -0.1) is 0 Å². The van der Waals surface area contributed by atoms with Crippen LogP contribution in [0.4, 0.5) is 4.79 Å². The summed E-state index contributed by atoms with van der Waals surface area (Å²) in [6.45, 7) is 11.0. The minimum absolute atomic E-state index is 0.110. The highest BCUT2D eigenvalue weighted by molar-refractivity contribution is 5.67. The third-order valence-electron chi connectivity index (χ3n) is 4.02. The molecule has 1 rings (SSSR count). The van der Waals surface area contributed by atoms with Crippen molar-refractivity contribution in [3.8, 4) is 0 Å². The Kier molecular flexibility index (Phi) is 7.39. The Morgan fingerprint density at radius 1 is 1.20 bits per heavy atom. The van der Waals surface area contributed by atoms with Gasteiger partial charge in [0.05, 0.1) is 6.61 Å². The molecule has 1 aliphatic rings. The van der Waals surface area contributed by atoms with Gasteiger partial charge in [0, 0.05) is 13.1 Å². The molecule has 1 aliphatic carbocycles. The molecule has 0 spiro atoms.